The van der Waals surface area contributed by atoms with Gasteiger partial charge in [-0.2, -0.15) is 0 Å². The lowest BCUT2D eigenvalue weighted by Crippen LogP contribution is -2.33. The number of carbonyl (C=O) groups is 1. The molecule has 3 rings (SSSR count). The maximum atomic E-state index is 12.1. The molecule has 0 saturated heterocycles. The summed E-state index contributed by atoms with van der Waals surface area (Å²) in [4.78, 5) is 12.1. The molecule has 0 spiro atoms. The molecule has 1 atom stereocenters. The van der Waals surface area contributed by atoms with E-state index in [1.54, 1.807) is 0 Å². The number of hydrogen-bond acceptors (Lipinski definition) is 3. The van der Waals surface area contributed by atoms with Gasteiger partial charge in [0, 0.05) is 18.4 Å². The predicted molar refractivity (Wildman–Crippen MR) is 75.7 cm³/mol. The van der Waals surface area contributed by atoms with E-state index in [0.717, 1.165) is 30.6 Å². The molecule has 20 heavy (non-hydrogen) atoms. The minimum Gasteiger partial charge on any atom is -0.493 e. The van der Waals surface area contributed by atoms with E-state index >= 15 is 0 Å². The van der Waals surface area contributed by atoms with Gasteiger partial charge in [0.2, 0.25) is 5.91 Å². The third-order valence-electron chi connectivity index (χ3n) is 4.47. The molecule has 4 nitrogen and oxygen atoms in total. The number of carbonyl (C=O) groups excluding carboxylic acids is 1. The van der Waals surface area contributed by atoms with Crippen molar-refractivity contribution in [2.24, 2.45) is 5.41 Å². The number of benzene rings is 1. The van der Waals surface area contributed by atoms with Gasteiger partial charge in [-0.1, -0.05) is 18.2 Å². The second-order valence-electron chi connectivity index (χ2n) is 6.01. The van der Waals surface area contributed by atoms with E-state index < -0.39 is 0 Å². The van der Waals surface area contributed by atoms with Crippen molar-refractivity contribution in [2.75, 3.05) is 19.8 Å². The van der Waals surface area contributed by atoms with Gasteiger partial charge in [0.1, 0.15) is 5.75 Å². The second kappa shape index (κ2) is 5.44. The molecule has 1 amide bonds. The van der Waals surface area contributed by atoms with Crippen LogP contribution in [0.5, 0.6) is 5.75 Å². The molecule has 1 aromatic carbocycles. The van der Waals surface area contributed by atoms with E-state index in [4.69, 9.17) is 4.74 Å². The van der Waals surface area contributed by atoms with Gasteiger partial charge in [0.05, 0.1) is 13.2 Å². The lowest BCUT2D eigenvalue weighted by Gasteiger charge is -2.25. The van der Waals surface area contributed by atoms with E-state index in [9.17, 15) is 9.90 Å². The van der Waals surface area contributed by atoms with Crippen molar-refractivity contribution in [3.05, 3.63) is 29.8 Å². The second-order valence-corrected chi connectivity index (χ2v) is 6.01. The highest BCUT2D eigenvalue weighted by Crippen LogP contribution is 2.44. The van der Waals surface area contributed by atoms with Gasteiger partial charge in [-0.3, -0.25) is 4.79 Å². The number of rotatable bonds is 5. The number of para-hydroxylation sites is 1. The standard InChI is InChI=1S/C16H21NO3/c18-11-16(6-7-16)10-17-15(19)9-12-5-8-20-14-4-2-1-3-13(12)14/h1-4,12,18H,5-11H2,(H,17,19). The number of hydrogen-bond donors (Lipinski definition) is 2. The Morgan fingerprint density at radius 3 is 2.95 bits per heavy atom. The number of ether oxygens (including phenoxy) is 1. The van der Waals surface area contributed by atoms with E-state index in [1.165, 1.54) is 0 Å². The summed E-state index contributed by atoms with van der Waals surface area (Å²) in [6, 6.07) is 7.95. The Kier molecular flexibility index (Phi) is 3.66. The van der Waals surface area contributed by atoms with Crippen LogP contribution in [0.15, 0.2) is 24.3 Å². The van der Waals surface area contributed by atoms with Crippen molar-refractivity contribution in [1.82, 2.24) is 5.32 Å². The van der Waals surface area contributed by atoms with E-state index in [1.807, 2.05) is 24.3 Å². The highest BCUT2D eigenvalue weighted by molar-refractivity contribution is 5.77. The molecule has 4 heteroatoms. The zero-order valence-electron chi connectivity index (χ0n) is 11.6. The summed E-state index contributed by atoms with van der Waals surface area (Å²) in [5, 5.41) is 12.2. The van der Waals surface area contributed by atoms with Crippen molar-refractivity contribution in [3.63, 3.8) is 0 Å². The smallest absolute Gasteiger partial charge is 0.220 e. The lowest BCUT2D eigenvalue weighted by molar-refractivity contribution is -0.121. The van der Waals surface area contributed by atoms with Crippen molar-refractivity contribution in [3.8, 4) is 5.75 Å². The van der Waals surface area contributed by atoms with Crippen LogP contribution in [-0.4, -0.2) is 30.8 Å². The number of aliphatic hydroxyl groups is 1. The summed E-state index contributed by atoms with van der Waals surface area (Å²) in [6.45, 7) is 1.45. The van der Waals surface area contributed by atoms with Crippen molar-refractivity contribution in [2.45, 2.75) is 31.6 Å². The normalized spacial score (nSPS) is 22.6. The van der Waals surface area contributed by atoms with Crippen LogP contribution >= 0.6 is 0 Å². The fourth-order valence-corrected chi connectivity index (χ4v) is 2.78. The van der Waals surface area contributed by atoms with Gasteiger partial charge >= 0.3 is 0 Å². The molecule has 0 radical (unpaired) electrons. The van der Waals surface area contributed by atoms with Crippen molar-refractivity contribution < 1.29 is 14.6 Å². The van der Waals surface area contributed by atoms with Gasteiger partial charge in [-0.15, -0.1) is 0 Å². The van der Waals surface area contributed by atoms with Crippen LogP contribution < -0.4 is 10.1 Å². The summed E-state index contributed by atoms with van der Waals surface area (Å²) in [7, 11) is 0. The molecule has 1 aliphatic carbocycles. The summed E-state index contributed by atoms with van der Waals surface area (Å²) in [6.07, 6.45) is 3.42. The first kappa shape index (κ1) is 13.4. The number of fused-ring (bicyclic) bond motifs is 1. The molecule has 1 aromatic rings. The Morgan fingerprint density at radius 2 is 2.20 bits per heavy atom. The van der Waals surface area contributed by atoms with Crippen molar-refractivity contribution in [1.29, 1.82) is 0 Å². The molecule has 1 heterocycles. The third-order valence-corrected chi connectivity index (χ3v) is 4.47. The monoisotopic (exact) mass is 275 g/mol. The fourth-order valence-electron chi connectivity index (χ4n) is 2.78. The Labute approximate surface area is 119 Å². The van der Waals surface area contributed by atoms with E-state index in [-0.39, 0.29) is 23.8 Å². The molecule has 1 unspecified atom stereocenters. The zero-order valence-corrected chi connectivity index (χ0v) is 11.6. The molecule has 1 aliphatic heterocycles. The summed E-state index contributed by atoms with van der Waals surface area (Å²) in [5.74, 6) is 1.22. The topological polar surface area (TPSA) is 58.6 Å². The number of aliphatic hydroxyl groups excluding tert-OH is 1. The molecule has 1 saturated carbocycles. The van der Waals surface area contributed by atoms with Gasteiger partial charge in [-0.05, 0) is 36.8 Å². The average Bonchev–Trinajstić information content (AvgIpc) is 3.26. The number of nitrogens with one attached hydrogen (secondary N) is 1. The van der Waals surface area contributed by atoms with Gasteiger partial charge in [0.25, 0.3) is 0 Å². The highest BCUT2D eigenvalue weighted by atomic mass is 16.5. The maximum Gasteiger partial charge on any atom is 0.220 e. The van der Waals surface area contributed by atoms with Crippen LogP contribution in [0.3, 0.4) is 0 Å². The Morgan fingerprint density at radius 1 is 1.40 bits per heavy atom. The Bertz CT molecular complexity index is 496. The maximum absolute atomic E-state index is 12.1. The van der Waals surface area contributed by atoms with Crippen LogP contribution in [-0.2, 0) is 4.79 Å². The molecule has 2 aliphatic rings. The van der Waals surface area contributed by atoms with Crippen LogP contribution in [0.2, 0.25) is 0 Å². The lowest BCUT2D eigenvalue weighted by atomic mass is 9.90. The molecule has 1 fully saturated rings. The average molecular weight is 275 g/mol. The Hall–Kier alpha value is -1.55. The van der Waals surface area contributed by atoms with Gasteiger partial charge in [0.15, 0.2) is 0 Å². The zero-order chi connectivity index (χ0) is 14.0. The highest BCUT2D eigenvalue weighted by Gasteiger charge is 2.42. The summed E-state index contributed by atoms with van der Waals surface area (Å²) < 4.78 is 5.61. The summed E-state index contributed by atoms with van der Waals surface area (Å²) >= 11 is 0. The number of amides is 1. The fraction of sp³-hybridized carbons (Fsp3) is 0.562. The molecule has 2 N–H and O–H groups in total. The molecule has 0 aromatic heterocycles. The predicted octanol–water partition coefficient (Wildman–Crippen LogP) is 1.83. The minimum atomic E-state index is -0.0246. The molecule has 0 bridgehead atoms. The van der Waals surface area contributed by atoms with Crippen LogP contribution in [0.1, 0.15) is 37.2 Å². The first-order chi connectivity index (χ1) is 9.72. The first-order valence-corrected chi connectivity index (χ1v) is 7.32. The van der Waals surface area contributed by atoms with Crippen LogP contribution in [0, 0.1) is 5.41 Å². The van der Waals surface area contributed by atoms with E-state index in [2.05, 4.69) is 5.32 Å². The summed E-state index contributed by atoms with van der Waals surface area (Å²) in [5.41, 5.74) is 1.11. The molecular weight excluding hydrogens is 254 g/mol. The molecular formula is C16H21NO3. The quantitative estimate of drug-likeness (QED) is 0.862. The molecule has 108 valence electrons. The first-order valence-electron chi connectivity index (χ1n) is 7.32. The minimum absolute atomic E-state index is 0.0246. The largest absolute Gasteiger partial charge is 0.493 e. The SMILES string of the molecule is O=C(CC1CCOc2ccccc21)NCC1(CO)CC1. The van der Waals surface area contributed by atoms with Crippen molar-refractivity contribution >= 4 is 5.91 Å². The Balaban J connectivity index is 1.57. The van der Waals surface area contributed by atoms with Gasteiger partial charge < -0.3 is 15.2 Å². The van der Waals surface area contributed by atoms with Gasteiger partial charge in [-0.25, -0.2) is 0 Å². The third kappa shape index (κ3) is 2.80. The van der Waals surface area contributed by atoms with Crippen LogP contribution in [0.4, 0.5) is 0 Å². The van der Waals surface area contributed by atoms with E-state index in [0.29, 0.717) is 19.6 Å². The van der Waals surface area contributed by atoms with Crippen LogP contribution in [0.25, 0.3) is 0 Å².